The Balaban J connectivity index is 1.89. The molecule has 3 rings (SSSR count). The summed E-state index contributed by atoms with van der Waals surface area (Å²) in [6, 6.07) is 5.92. The maximum Gasteiger partial charge on any atom is 0.243 e. The number of rotatable bonds is 8. The summed E-state index contributed by atoms with van der Waals surface area (Å²) in [6.45, 7) is 4.34. The fraction of sp³-hybridized carbons (Fsp3) is 0.667. The summed E-state index contributed by atoms with van der Waals surface area (Å²) in [5.74, 6) is 0. The van der Waals surface area contributed by atoms with Gasteiger partial charge in [0.2, 0.25) is 20.0 Å². The zero-order valence-electron chi connectivity index (χ0n) is 15.5. The van der Waals surface area contributed by atoms with E-state index in [4.69, 9.17) is 0 Å². The molecule has 26 heavy (non-hydrogen) atoms. The summed E-state index contributed by atoms with van der Waals surface area (Å²) in [5.41, 5.74) is 0. The first kappa shape index (κ1) is 19.8. The van der Waals surface area contributed by atoms with Crippen LogP contribution in [0.2, 0.25) is 0 Å². The van der Waals surface area contributed by atoms with Gasteiger partial charge in [0.15, 0.2) is 0 Å². The topological polar surface area (TPSA) is 74.8 Å². The Hall–Kier alpha value is -0.960. The minimum atomic E-state index is -3.59. The zero-order valence-corrected chi connectivity index (χ0v) is 17.1. The average Bonchev–Trinajstić information content (AvgIpc) is 3.29. The van der Waals surface area contributed by atoms with E-state index in [1.165, 1.54) is 28.6 Å². The molecule has 0 radical (unpaired) electrons. The van der Waals surface area contributed by atoms with Crippen LogP contribution in [-0.4, -0.2) is 50.6 Å². The van der Waals surface area contributed by atoms with E-state index >= 15 is 0 Å². The van der Waals surface area contributed by atoms with Gasteiger partial charge < -0.3 is 0 Å². The molecule has 146 valence electrons. The van der Waals surface area contributed by atoms with Crippen LogP contribution >= 0.6 is 0 Å². The molecule has 6 nitrogen and oxygen atoms in total. The van der Waals surface area contributed by atoms with Gasteiger partial charge in [0.1, 0.15) is 0 Å². The fourth-order valence-electron chi connectivity index (χ4n) is 3.80. The van der Waals surface area contributed by atoms with Crippen molar-refractivity contribution in [2.45, 2.75) is 74.2 Å². The summed E-state index contributed by atoms with van der Waals surface area (Å²) in [6.07, 6.45) is 5.83. The molecule has 0 N–H and O–H groups in total. The Morgan fingerprint density at radius 1 is 0.769 bits per heavy atom. The van der Waals surface area contributed by atoms with Crippen molar-refractivity contribution in [3.63, 3.8) is 0 Å². The summed E-state index contributed by atoms with van der Waals surface area (Å²) in [7, 11) is -7.17. The SMILES string of the molecule is CCN(CC)S(=O)(=O)c1ccc(S(=O)(=O)N(C2CCCC2)C2CC2)cc1. The number of hydrogen-bond acceptors (Lipinski definition) is 4. The highest BCUT2D eigenvalue weighted by Gasteiger charge is 2.43. The third-order valence-electron chi connectivity index (χ3n) is 5.33. The summed E-state index contributed by atoms with van der Waals surface area (Å²) >= 11 is 0. The lowest BCUT2D eigenvalue weighted by atomic mass is 10.2. The van der Waals surface area contributed by atoms with Crippen molar-refractivity contribution < 1.29 is 16.8 Å². The minimum Gasteiger partial charge on any atom is -0.207 e. The number of sulfonamides is 2. The van der Waals surface area contributed by atoms with E-state index in [0.29, 0.717) is 13.1 Å². The molecule has 1 aromatic rings. The van der Waals surface area contributed by atoms with Crippen molar-refractivity contribution in [3.05, 3.63) is 24.3 Å². The average molecular weight is 401 g/mol. The van der Waals surface area contributed by atoms with Crippen molar-refractivity contribution in [2.75, 3.05) is 13.1 Å². The highest BCUT2D eigenvalue weighted by atomic mass is 32.2. The third kappa shape index (κ3) is 3.69. The van der Waals surface area contributed by atoms with Crippen molar-refractivity contribution in [1.82, 2.24) is 8.61 Å². The lowest BCUT2D eigenvalue weighted by molar-refractivity contribution is 0.314. The van der Waals surface area contributed by atoms with E-state index in [1.54, 1.807) is 18.2 Å². The third-order valence-corrected chi connectivity index (χ3v) is 9.42. The second-order valence-corrected chi connectivity index (χ2v) is 10.8. The van der Waals surface area contributed by atoms with Gasteiger partial charge in [0.25, 0.3) is 0 Å². The molecule has 2 aliphatic carbocycles. The van der Waals surface area contributed by atoms with E-state index in [2.05, 4.69) is 0 Å². The Morgan fingerprint density at radius 2 is 1.19 bits per heavy atom. The molecule has 0 atom stereocenters. The van der Waals surface area contributed by atoms with Crippen molar-refractivity contribution in [1.29, 1.82) is 0 Å². The van der Waals surface area contributed by atoms with E-state index in [0.717, 1.165) is 38.5 Å². The van der Waals surface area contributed by atoms with Gasteiger partial charge in [-0.3, -0.25) is 0 Å². The van der Waals surface area contributed by atoms with Gasteiger partial charge in [-0.25, -0.2) is 16.8 Å². The van der Waals surface area contributed by atoms with Gasteiger partial charge >= 0.3 is 0 Å². The molecule has 2 saturated carbocycles. The monoisotopic (exact) mass is 400 g/mol. The molecule has 0 heterocycles. The van der Waals surface area contributed by atoms with Crippen molar-refractivity contribution in [2.24, 2.45) is 0 Å². The number of nitrogens with zero attached hydrogens (tertiary/aromatic N) is 2. The van der Waals surface area contributed by atoms with Crippen LogP contribution in [0.25, 0.3) is 0 Å². The predicted molar refractivity (Wildman–Crippen MR) is 101 cm³/mol. The number of benzene rings is 1. The fourth-order valence-corrected chi connectivity index (χ4v) is 7.18. The maximum absolute atomic E-state index is 13.2. The molecule has 0 spiro atoms. The first-order chi connectivity index (χ1) is 12.3. The van der Waals surface area contributed by atoms with Crippen molar-refractivity contribution >= 4 is 20.0 Å². The van der Waals surface area contributed by atoms with Crippen molar-refractivity contribution in [3.8, 4) is 0 Å². The van der Waals surface area contributed by atoms with E-state index in [9.17, 15) is 16.8 Å². The largest absolute Gasteiger partial charge is 0.243 e. The predicted octanol–water partition coefficient (Wildman–Crippen LogP) is 2.81. The van der Waals surface area contributed by atoms with Crippen LogP contribution in [0.4, 0.5) is 0 Å². The Bertz CT molecular complexity index is 820. The molecule has 1 aromatic carbocycles. The second kappa shape index (κ2) is 7.58. The molecule has 0 saturated heterocycles. The van der Waals surface area contributed by atoms with E-state index in [1.807, 2.05) is 0 Å². The molecule has 0 aromatic heterocycles. The standard InChI is InChI=1S/C18H28N2O4S2/c1-3-19(4-2)25(21,22)17-11-13-18(14-12-17)26(23,24)20(16-9-10-16)15-7-5-6-8-15/h11-16H,3-10H2,1-2H3. The molecular weight excluding hydrogens is 372 g/mol. The number of hydrogen-bond donors (Lipinski definition) is 0. The van der Waals surface area contributed by atoms with Crippen LogP contribution in [0, 0.1) is 0 Å². The normalized spacial score (nSPS) is 19.5. The summed E-state index contributed by atoms with van der Waals surface area (Å²) in [4.78, 5) is 0.328. The highest BCUT2D eigenvalue weighted by molar-refractivity contribution is 7.89. The quantitative estimate of drug-likeness (QED) is 0.672. The Labute approximate surface area is 157 Å². The summed E-state index contributed by atoms with van der Waals surface area (Å²) < 4.78 is 54.6. The van der Waals surface area contributed by atoms with Gasteiger partial charge in [-0.1, -0.05) is 26.7 Å². The van der Waals surface area contributed by atoms with Crippen LogP contribution in [0.1, 0.15) is 52.4 Å². The van der Waals surface area contributed by atoms with Crippen LogP contribution in [-0.2, 0) is 20.0 Å². The van der Waals surface area contributed by atoms with Gasteiger partial charge in [0, 0.05) is 25.2 Å². The molecule has 0 unspecified atom stereocenters. The van der Waals surface area contributed by atoms with Crippen LogP contribution in [0.5, 0.6) is 0 Å². The van der Waals surface area contributed by atoms with Gasteiger partial charge in [-0.2, -0.15) is 8.61 Å². The van der Waals surface area contributed by atoms with Gasteiger partial charge in [-0.05, 0) is 49.9 Å². The highest BCUT2D eigenvalue weighted by Crippen LogP contribution is 2.38. The van der Waals surface area contributed by atoms with E-state index in [-0.39, 0.29) is 21.9 Å². The minimum absolute atomic E-state index is 0.0894. The van der Waals surface area contributed by atoms with Gasteiger partial charge in [0.05, 0.1) is 9.79 Å². The lowest BCUT2D eigenvalue weighted by Gasteiger charge is -2.28. The van der Waals surface area contributed by atoms with Gasteiger partial charge in [-0.15, -0.1) is 0 Å². The molecule has 0 aliphatic heterocycles. The molecule has 2 aliphatic rings. The molecule has 0 bridgehead atoms. The zero-order chi connectivity index (χ0) is 18.9. The molecule has 2 fully saturated rings. The maximum atomic E-state index is 13.2. The Morgan fingerprint density at radius 3 is 1.62 bits per heavy atom. The Kier molecular flexibility index (Phi) is 5.77. The molecule has 0 amide bonds. The summed E-state index contributed by atoms with van der Waals surface area (Å²) in [5, 5.41) is 0. The molecular formula is C18H28N2O4S2. The second-order valence-electron chi connectivity index (χ2n) is 7.07. The van der Waals surface area contributed by atoms with E-state index < -0.39 is 20.0 Å². The van der Waals surface area contributed by atoms with Crippen LogP contribution in [0.15, 0.2) is 34.1 Å². The first-order valence-electron chi connectivity index (χ1n) is 9.46. The first-order valence-corrected chi connectivity index (χ1v) is 12.3. The van der Waals surface area contributed by atoms with Crippen LogP contribution < -0.4 is 0 Å². The lowest BCUT2D eigenvalue weighted by Crippen LogP contribution is -2.40. The molecule has 8 heteroatoms. The van der Waals surface area contributed by atoms with Crippen LogP contribution in [0.3, 0.4) is 0 Å². The smallest absolute Gasteiger partial charge is 0.207 e.